The van der Waals surface area contributed by atoms with E-state index < -0.39 is 0 Å². The fourth-order valence-electron chi connectivity index (χ4n) is 2.96. The molecule has 1 unspecified atom stereocenters. The smallest absolute Gasteiger partial charge is 0.217 e. The van der Waals surface area contributed by atoms with Gasteiger partial charge in [-0.2, -0.15) is 0 Å². The molecule has 0 heterocycles. The Morgan fingerprint density at radius 1 is 1.11 bits per heavy atom. The highest BCUT2D eigenvalue weighted by Crippen LogP contribution is 2.39. The molecule has 2 heteroatoms. The number of rotatable bonds is 1. The van der Waals surface area contributed by atoms with Gasteiger partial charge < -0.3 is 5.32 Å². The Kier molecular flexibility index (Phi) is 2.86. The Morgan fingerprint density at radius 2 is 1.84 bits per heavy atom. The van der Waals surface area contributed by atoms with Crippen LogP contribution in [-0.2, 0) is 11.2 Å². The number of hydrogen-bond acceptors (Lipinski definition) is 1. The second kappa shape index (κ2) is 4.54. The normalized spacial score (nSPS) is 16.4. The van der Waals surface area contributed by atoms with Crippen molar-refractivity contribution in [3.05, 3.63) is 59.2 Å². The summed E-state index contributed by atoms with van der Waals surface area (Å²) in [5.74, 6) is 0.0248. The number of amides is 1. The monoisotopic (exact) mass is 251 g/mol. The highest BCUT2D eigenvalue weighted by molar-refractivity contribution is 5.78. The molecule has 0 fully saturated rings. The lowest BCUT2D eigenvalue weighted by molar-refractivity contribution is -0.119. The summed E-state index contributed by atoms with van der Waals surface area (Å²) in [7, 11) is 0. The molecule has 1 aliphatic rings. The Hall–Kier alpha value is -2.09. The molecule has 1 amide bonds. The fraction of sp³-hybridized carbons (Fsp3) is 0.235. The second-order valence-electron chi connectivity index (χ2n) is 5.15. The van der Waals surface area contributed by atoms with Crippen molar-refractivity contribution in [3.8, 4) is 11.1 Å². The van der Waals surface area contributed by atoms with E-state index >= 15 is 0 Å². The van der Waals surface area contributed by atoms with Crippen LogP contribution in [-0.4, -0.2) is 5.91 Å². The van der Waals surface area contributed by atoms with E-state index in [0.29, 0.717) is 0 Å². The van der Waals surface area contributed by atoms with Gasteiger partial charge in [0.15, 0.2) is 0 Å². The number of benzene rings is 2. The average Bonchev–Trinajstić information content (AvgIpc) is 2.40. The number of carbonyl (C=O) groups excluding carboxylic acids is 1. The van der Waals surface area contributed by atoms with Crippen LogP contribution in [0.5, 0.6) is 0 Å². The molecular formula is C17H17NO. The van der Waals surface area contributed by atoms with Crippen LogP contribution in [0.1, 0.15) is 29.7 Å². The first-order valence-corrected chi connectivity index (χ1v) is 6.61. The van der Waals surface area contributed by atoms with Crippen molar-refractivity contribution in [2.75, 3.05) is 0 Å². The minimum atomic E-state index is 0.0248. The summed E-state index contributed by atoms with van der Waals surface area (Å²) in [6, 6.07) is 14.8. The van der Waals surface area contributed by atoms with E-state index in [1.54, 1.807) is 6.92 Å². The van der Waals surface area contributed by atoms with Crippen molar-refractivity contribution < 1.29 is 4.79 Å². The number of hydrogen-bond donors (Lipinski definition) is 1. The highest BCUT2D eigenvalue weighted by Gasteiger charge is 2.25. The maximum atomic E-state index is 11.4. The summed E-state index contributed by atoms with van der Waals surface area (Å²) >= 11 is 0. The molecule has 0 bridgehead atoms. The van der Waals surface area contributed by atoms with Crippen molar-refractivity contribution in [1.82, 2.24) is 5.32 Å². The standard InChI is InChI=1S/C17H17NO/c1-11-6-5-9-14-13-7-3-4-8-15(13)17(10-16(11)14)18-12(2)19/h3-9,17H,10H2,1-2H3,(H,18,19). The third-order valence-electron chi connectivity index (χ3n) is 3.82. The third-order valence-corrected chi connectivity index (χ3v) is 3.82. The summed E-state index contributed by atoms with van der Waals surface area (Å²) in [6.07, 6.45) is 0.874. The minimum Gasteiger partial charge on any atom is -0.349 e. The van der Waals surface area contributed by atoms with Crippen LogP contribution >= 0.6 is 0 Å². The minimum absolute atomic E-state index is 0.0248. The number of fused-ring (bicyclic) bond motifs is 3. The maximum Gasteiger partial charge on any atom is 0.217 e. The van der Waals surface area contributed by atoms with Crippen molar-refractivity contribution in [2.45, 2.75) is 26.3 Å². The van der Waals surface area contributed by atoms with Crippen LogP contribution in [0.15, 0.2) is 42.5 Å². The van der Waals surface area contributed by atoms with Gasteiger partial charge in [-0.1, -0.05) is 42.5 Å². The molecule has 0 saturated heterocycles. The summed E-state index contributed by atoms with van der Waals surface area (Å²) in [5.41, 5.74) is 6.40. The van der Waals surface area contributed by atoms with Crippen LogP contribution < -0.4 is 5.32 Å². The van der Waals surface area contributed by atoms with E-state index in [1.807, 2.05) is 6.07 Å². The van der Waals surface area contributed by atoms with Crippen LogP contribution in [0.2, 0.25) is 0 Å². The summed E-state index contributed by atoms with van der Waals surface area (Å²) in [4.78, 5) is 11.4. The Morgan fingerprint density at radius 3 is 2.63 bits per heavy atom. The van der Waals surface area contributed by atoms with Gasteiger partial charge in [0.05, 0.1) is 6.04 Å². The predicted octanol–water partition coefficient (Wildman–Crippen LogP) is 3.40. The lowest BCUT2D eigenvalue weighted by Gasteiger charge is -2.29. The van der Waals surface area contributed by atoms with E-state index in [0.717, 1.165) is 6.42 Å². The molecule has 0 spiro atoms. The molecule has 0 saturated carbocycles. The van der Waals surface area contributed by atoms with Gasteiger partial charge in [0.1, 0.15) is 0 Å². The predicted molar refractivity (Wildman–Crippen MR) is 76.9 cm³/mol. The zero-order chi connectivity index (χ0) is 13.4. The van der Waals surface area contributed by atoms with Crippen molar-refractivity contribution in [1.29, 1.82) is 0 Å². The Labute approximate surface area is 113 Å². The van der Waals surface area contributed by atoms with Gasteiger partial charge in [-0.15, -0.1) is 0 Å². The first kappa shape index (κ1) is 12.0. The molecule has 3 rings (SSSR count). The summed E-state index contributed by atoms with van der Waals surface area (Å²) in [6.45, 7) is 3.72. The van der Waals surface area contributed by atoms with Crippen molar-refractivity contribution in [3.63, 3.8) is 0 Å². The molecule has 1 aliphatic carbocycles. The van der Waals surface area contributed by atoms with E-state index in [4.69, 9.17) is 0 Å². The lowest BCUT2D eigenvalue weighted by Crippen LogP contribution is -2.30. The molecule has 19 heavy (non-hydrogen) atoms. The quantitative estimate of drug-likeness (QED) is 0.827. The molecule has 96 valence electrons. The van der Waals surface area contributed by atoms with Crippen LogP contribution in [0, 0.1) is 6.92 Å². The van der Waals surface area contributed by atoms with Gasteiger partial charge in [-0.25, -0.2) is 0 Å². The van der Waals surface area contributed by atoms with E-state index in [2.05, 4.69) is 48.6 Å². The molecule has 2 aromatic carbocycles. The van der Waals surface area contributed by atoms with Crippen LogP contribution in [0.3, 0.4) is 0 Å². The Balaban J connectivity index is 2.18. The van der Waals surface area contributed by atoms with Crippen molar-refractivity contribution >= 4 is 5.91 Å². The molecule has 2 nitrogen and oxygen atoms in total. The maximum absolute atomic E-state index is 11.4. The largest absolute Gasteiger partial charge is 0.349 e. The Bertz CT molecular complexity index is 645. The summed E-state index contributed by atoms with van der Waals surface area (Å²) < 4.78 is 0. The number of nitrogens with one attached hydrogen (secondary N) is 1. The van der Waals surface area contributed by atoms with Gasteiger partial charge in [-0.3, -0.25) is 4.79 Å². The number of carbonyl (C=O) groups is 1. The van der Waals surface area contributed by atoms with Crippen LogP contribution in [0.4, 0.5) is 0 Å². The first-order chi connectivity index (χ1) is 9.16. The van der Waals surface area contributed by atoms with Gasteiger partial charge in [0, 0.05) is 6.92 Å². The second-order valence-corrected chi connectivity index (χ2v) is 5.15. The third kappa shape index (κ3) is 2.03. The van der Waals surface area contributed by atoms with Crippen LogP contribution in [0.25, 0.3) is 11.1 Å². The molecule has 0 radical (unpaired) electrons. The van der Waals surface area contributed by atoms with E-state index in [-0.39, 0.29) is 11.9 Å². The molecule has 0 aromatic heterocycles. The zero-order valence-electron chi connectivity index (χ0n) is 11.2. The topological polar surface area (TPSA) is 29.1 Å². The molecule has 0 aliphatic heterocycles. The van der Waals surface area contributed by atoms with Gasteiger partial charge in [0.2, 0.25) is 5.91 Å². The van der Waals surface area contributed by atoms with E-state index in [1.165, 1.54) is 27.8 Å². The van der Waals surface area contributed by atoms with Gasteiger partial charge in [0.25, 0.3) is 0 Å². The first-order valence-electron chi connectivity index (χ1n) is 6.61. The highest BCUT2D eigenvalue weighted by atomic mass is 16.1. The van der Waals surface area contributed by atoms with Gasteiger partial charge in [-0.05, 0) is 41.2 Å². The van der Waals surface area contributed by atoms with Gasteiger partial charge >= 0.3 is 0 Å². The van der Waals surface area contributed by atoms with Crippen molar-refractivity contribution in [2.24, 2.45) is 0 Å². The van der Waals surface area contributed by atoms with E-state index in [9.17, 15) is 4.79 Å². The summed E-state index contributed by atoms with van der Waals surface area (Å²) in [5, 5.41) is 3.07. The molecule has 1 N–H and O–H groups in total. The molecular weight excluding hydrogens is 234 g/mol. The average molecular weight is 251 g/mol. The SMILES string of the molecule is CC(=O)NC1Cc2c(C)cccc2-c2ccccc21. The molecule has 1 atom stereocenters. The zero-order valence-corrected chi connectivity index (χ0v) is 11.2. The number of aryl methyl sites for hydroxylation is 1. The fourth-order valence-corrected chi connectivity index (χ4v) is 2.96. The lowest BCUT2D eigenvalue weighted by atomic mass is 9.81. The molecule has 2 aromatic rings.